The van der Waals surface area contributed by atoms with Crippen molar-refractivity contribution in [3.8, 4) is 0 Å². The molecule has 1 fully saturated rings. The Balaban J connectivity index is 1.67. The second kappa shape index (κ2) is 6.95. The van der Waals surface area contributed by atoms with Gasteiger partial charge in [0.05, 0.1) is 5.02 Å². The van der Waals surface area contributed by atoms with Gasteiger partial charge in [0.15, 0.2) is 5.65 Å². The predicted molar refractivity (Wildman–Crippen MR) is 85.1 cm³/mol. The number of aromatic nitrogens is 3. The summed E-state index contributed by atoms with van der Waals surface area (Å²) in [4.78, 5) is 9.00. The van der Waals surface area contributed by atoms with E-state index in [0.29, 0.717) is 10.9 Å². The number of halogens is 2. The molecule has 0 aliphatic heterocycles. The third kappa shape index (κ3) is 3.87. The van der Waals surface area contributed by atoms with Gasteiger partial charge in [-0.3, -0.25) is 0 Å². The van der Waals surface area contributed by atoms with Gasteiger partial charge in [-0.2, -0.15) is 0 Å². The molecular weight excluding hydrogens is 309 g/mol. The van der Waals surface area contributed by atoms with Crippen LogP contribution in [0.15, 0.2) is 12.3 Å². The van der Waals surface area contributed by atoms with Gasteiger partial charge in [-0.25, -0.2) is 9.97 Å². The maximum absolute atomic E-state index is 5.98. The molecule has 1 saturated carbocycles. The number of nitrogens with zero attached hydrogens (tertiary/aromatic N) is 3. The lowest BCUT2D eigenvalue weighted by atomic mass is 10.4. The zero-order chi connectivity index (χ0) is 14.7. The number of hydrogen-bond donors (Lipinski definition) is 0. The third-order valence-corrected chi connectivity index (χ3v) is 4.07. The van der Waals surface area contributed by atoms with Gasteiger partial charge in [0.25, 0.3) is 0 Å². The summed E-state index contributed by atoms with van der Waals surface area (Å²) in [7, 11) is 0. The van der Waals surface area contributed by atoms with Crippen molar-refractivity contribution in [1.82, 2.24) is 14.5 Å². The Morgan fingerprint density at radius 2 is 2.24 bits per heavy atom. The molecule has 0 bridgehead atoms. The SMILES string of the molecule is ClCCc1nc2cc(Cl)cnc2n1CCCOCC1CC1. The first-order valence-corrected chi connectivity index (χ1v) is 8.33. The van der Waals surface area contributed by atoms with Crippen molar-refractivity contribution in [2.75, 3.05) is 19.1 Å². The van der Waals surface area contributed by atoms with Gasteiger partial charge < -0.3 is 9.30 Å². The quantitative estimate of drug-likeness (QED) is 0.548. The maximum atomic E-state index is 5.98. The third-order valence-electron chi connectivity index (χ3n) is 3.67. The smallest absolute Gasteiger partial charge is 0.160 e. The van der Waals surface area contributed by atoms with E-state index in [0.717, 1.165) is 55.5 Å². The van der Waals surface area contributed by atoms with Crippen molar-refractivity contribution in [2.45, 2.75) is 32.2 Å². The van der Waals surface area contributed by atoms with Gasteiger partial charge in [-0.15, -0.1) is 11.6 Å². The fraction of sp³-hybridized carbons (Fsp3) is 0.600. The molecule has 0 radical (unpaired) electrons. The minimum absolute atomic E-state index is 0.551. The summed E-state index contributed by atoms with van der Waals surface area (Å²) in [5.74, 6) is 2.33. The lowest BCUT2D eigenvalue weighted by molar-refractivity contribution is 0.119. The zero-order valence-electron chi connectivity index (χ0n) is 11.9. The molecular formula is C15H19Cl2N3O. The predicted octanol–water partition coefficient (Wildman–Crippen LogP) is 3.68. The standard InChI is InChI=1S/C15H19Cl2N3O/c16-5-4-14-19-13-8-12(17)9-18-15(13)20(14)6-1-7-21-10-11-2-3-11/h8-9,11H,1-7,10H2. The Kier molecular flexibility index (Phi) is 4.99. The highest BCUT2D eigenvalue weighted by Crippen LogP contribution is 2.28. The van der Waals surface area contributed by atoms with E-state index in [4.69, 9.17) is 27.9 Å². The van der Waals surface area contributed by atoms with Crippen LogP contribution in [0.25, 0.3) is 11.2 Å². The van der Waals surface area contributed by atoms with E-state index in [1.54, 1.807) is 6.20 Å². The van der Waals surface area contributed by atoms with E-state index in [-0.39, 0.29) is 0 Å². The molecule has 0 aromatic carbocycles. The summed E-state index contributed by atoms with van der Waals surface area (Å²) in [5.41, 5.74) is 1.71. The van der Waals surface area contributed by atoms with Crippen LogP contribution in [0.1, 0.15) is 25.1 Å². The van der Waals surface area contributed by atoms with Crippen molar-refractivity contribution >= 4 is 34.4 Å². The molecule has 0 unspecified atom stereocenters. The summed E-state index contributed by atoms with van der Waals surface area (Å²) in [6.45, 7) is 2.54. The van der Waals surface area contributed by atoms with Crippen LogP contribution >= 0.6 is 23.2 Å². The van der Waals surface area contributed by atoms with Crippen molar-refractivity contribution in [3.05, 3.63) is 23.1 Å². The summed E-state index contributed by atoms with van der Waals surface area (Å²) in [6.07, 6.45) is 6.01. The number of alkyl halides is 1. The van der Waals surface area contributed by atoms with Gasteiger partial charge in [-0.1, -0.05) is 11.6 Å². The van der Waals surface area contributed by atoms with Gasteiger partial charge in [0, 0.05) is 38.3 Å². The van der Waals surface area contributed by atoms with E-state index in [1.807, 2.05) is 6.07 Å². The molecule has 0 amide bonds. The van der Waals surface area contributed by atoms with E-state index in [1.165, 1.54) is 12.8 Å². The molecule has 2 aromatic heterocycles. The number of pyridine rings is 1. The molecule has 2 aromatic rings. The first kappa shape index (κ1) is 15.1. The van der Waals surface area contributed by atoms with Crippen LogP contribution in [0.3, 0.4) is 0 Å². The van der Waals surface area contributed by atoms with Crippen LogP contribution in [0.5, 0.6) is 0 Å². The molecule has 114 valence electrons. The normalized spacial score (nSPS) is 15.0. The maximum Gasteiger partial charge on any atom is 0.160 e. The van der Waals surface area contributed by atoms with Crippen LogP contribution in [-0.4, -0.2) is 33.6 Å². The minimum atomic E-state index is 0.551. The summed E-state index contributed by atoms with van der Waals surface area (Å²) in [6, 6.07) is 1.85. The average Bonchev–Trinajstić information content (AvgIpc) is 3.22. The van der Waals surface area contributed by atoms with Crippen LogP contribution < -0.4 is 0 Å². The Morgan fingerprint density at radius 3 is 3.00 bits per heavy atom. The summed E-state index contributed by atoms with van der Waals surface area (Å²) < 4.78 is 7.82. The number of hydrogen-bond acceptors (Lipinski definition) is 3. The summed E-state index contributed by atoms with van der Waals surface area (Å²) >= 11 is 11.8. The molecule has 0 spiro atoms. The van der Waals surface area contributed by atoms with Crippen molar-refractivity contribution < 1.29 is 4.74 Å². The van der Waals surface area contributed by atoms with Crippen LogP contribution in [-0.2, 0) is 17.7 Å². The number of imidazole rings is 1. The van der Waals surface area contributed by atoms with Gasteiger partial charge >= 0.3 is 0 Å². The fourth-order valence-electron chi connectivity index (χ4n) is 2.40. The van der Waals surface area contributed by atoms with E-state index in [2.05, 4.69) is 14.5 Å². The van der Waals surface area contributed by atoms with Crippen LogP contribution in [0.4, 0.5) is 0 Å². The topological polar surface area (TPSA) is 39.9 Å². The average molecular weight is 328 g/mol. The van der Waals surface area contributed by atoms with E-state index in [9.17, 15) is 0 Å². The van der Waals surface area contributed by atoms with E-state index >= 15 is 0 Å². The lowest BCUT2D eigenvalue weighted by Gasteiger charge is -2.08. The fourth-order valence-corrected chi connectivity index (χ4v) is 2.72. The monoisotopic (exact) mass is 327 g/mol. The van der Waals surface area contributed by atoms with Crippen molar-refractivity contribution in [1.29, 1.82) is 0 Å². The highest BCUT2D eigenvalue weighted by Gasteiger charge is 2.21. The molecule has 1 aliphatic carbocycles. The molecule has 6 heteroatoms. The largest absolute Gasteiger partial charge is 0.381 e. The van der Waals surface area contributed by atoms with Gasteiger partial charge in [0.2, 0.25) is 0 Å². The molecule has 21 heavy (non-hydrogen) atoms. The number of aryl methyl sites for hydroxylation is 2. The number of fused-ring (bicyclic) bond motifs is 1. The first-order valence-electron chi connectivity index (χ1n) is 7.42. The Morgan fingerprint density at radius 1 is 1.38 bits per heavy atom. The molecule has 0 saturated heterocycles. The Bertz CT molecular complexity index is 610. The molecule has 4 nitrogen and oxygen atoms in total. The molecule has 1 aliphatic rings. The first-order chi connectivity index (χ1) is 10.3. The van der Waals surface area contributed by atoms with Crippen LogP contribution in [0, 0.1) is 5.92 Å². The molecule has 2 heterocycles. The minimum Gasteiger partial charge on any atom is -0.381 e. The molecule has 0 atom stereocenters. The van der Waals surface area contributed by atoms with E-state index < -0.39 is 0 Å². The van der Waals surface area contributed by atoms with Crippen molar-refractivity contribution in [3.63, 3.8) is 0 Å². The Hall–Kier alpha value is -0.840. The van der Waals surface area contributed by atoms with Gasteiger partial charge in [-0.05, 0) is 31.2 Å². The van der Waals surface area contributed by atoms with Crippen LogP contribution in [0.2, 0.25) is 5.02 Å². The molecule has 0 N–H and O–H groups in total. The second-order valence-electron chi connectivity index (χ2n) is 5.49. The van der Waals surface area contributed by atoms with Crippen molar-refractivity contribution in [2.24, 2.45) is 5.92 Å². The number of ether oxygens (including phenoxy) is 1. The highest BCUT2D eigenvalue weighted by molar-refractivity contribution is 6.31. The highest BCUT2D eigenvalue weighted by atomic mass is 35.5. The second-order valence-corrected chi connectivity index (χ2v) is 6.30. The number of rotatable bonds is 8. The molecule has 3 rings (SSSR count). The Labute approximate surface area is 134 Å². The van der Waals surface area contributed by atoms with Gasteiger partial charge in [0.1, 0.15) is 11.3 Å². The lowest BCUT2D eigenvalue weighted by Crippen LogP contribution is -2.08. The summed E-state index contributed by atoms with van der Waals surface area (Å²) in [5, 5.41) is 0.609. The zero-order valence-corrected chi connectivity index (χ0v) is 13.4.